The lowest BCUT2D eigenvalue weighted by Gasteiger charge is -2.12. The lowest BCUT2D eigenvalue weighted by molar-refractivity contribution is 0.0599. The van der Waals surface area contributed by atoms with Gasteiger partial charge in [0.25, 0.3) is 5.91 Å². The predicted molar refractivity (Wildman–Crippen MR) is 628 cm³/mol. The number of anilines is 5. The van der Waals surface area contributed by atoms with E-state index < -0.39 is 65.9 Å². The number of fused-ring (bicyclic) bond motifs is 5. The molecular formula is C106H106N18O11S15. The van der Waals surface area contributed by atoms with Crippen molar-refractivity contribution in [2.75, 3.05) is 78.6 Å². The summed E-state index contributed by atoms with van der Waals surface area (Å²) in [5.41, 5.74) is 49.5. The van der Waals surface area contributed by atoms with Crippen molar-refractivity contribution in [3.8, 4) is 109 Å². The number of rotatable bonds is 34. The monoisotopic (exact) mass is 2290 g/mol. The van der Waals surface area contributed by atoms with Gasteiger partial charge in [-0.3, -0.25) is 25.8 Å². The van der Waals surface area contributed by atoms with Gasteiger partial charge in [-0.05, 0) is 162 Å². The van der Waals surface area contributed by atoms with Crippen LogP contribution in [0.2, 0.25) is 0 Å². The molecule has 12 N–H and O–H groups in total. The van der Waals surface area contributed by atoms with E-state index in [0.717, 1.165) is 210 Å². The number of aromatic nitrogens is 12. The number of nitrogens with two attached hydrogens (primary N) is 5. The smallest absolute Gasteiger partial charge is 0.337 e. The molecule has 0 aliphatic rings. The maximum atomic E-state index is 12.9. The third-order valence-corrected chi connectivity index (χ3v) is 42.7. The number of aliphatic hydroxyl groups is 1. The number of imidazole rings is 1. The summed E-state index contributed by atoms with van der Waals surface area (Å²) in [6, 6.07) is 38.9. The van der Waals surface area contributed by atoms with Gasteiger partial charge < -0.3 is 53.1 Å². The minimum absolute atomic E-state index is 0.0349. The molecular weight excluding hydrogens is 2180 g/mol. The van der Waals surface area contributed by atoms with Gasteiger partial charge in [0.2, 0.25) is 0 Å². The molecule has 776 valence electrons. The van der Waals surface area contributed by atoms with E-state index in [-0.39, 0.29) is 18.1 Å². The fraction of sp³-hybridized carbons (Fsp3) is 0.245. The number of pyridine rings is 5. The van der Waals surface area contributed by atoms with Crippen LogP contribution in [-0.2, 0) is 72.4 Å². The Hall–Kier alpha value is -12.1. The van der Waals surface area contributed by atoms with E-state index in [1.165, 1.54) is 109 Å². The number of nitrogens with zero attached hydrogens (tertiary/aromatic N) is 13. The second-order valence-electron chi connectivity index (χ2n) is 34.2. The summed E-state index contributed by atoms with van der Waals surface area (Å²) < 4.78 is 74.5. The normalized spacial score (nSPS) is 12.4. The highest BCUT2D eigenvalue weighted by Crippen LogP contribution is 2.51. The molecule has 16 heterocycles. The molecule has 5 unspecified atom stereocenters. The Morgan fingerprint density at radius 2 is 0.653 bits per heavy atom. The molecule has 20 aromatic rings. The first-order chi connectivity index (χ1) is 72.5. The van der Waals surface area contributed by atoms with Crippen LogP contribution in [0.25, 0.3) is 160 Å². The van der Waals surface area contributed by atoms with E-state index in [0.29, 0.717) is 116 Å². The molecule has 1 amide bonds. The van der Waals surface area contributed by atoms with Crippen LogP contribution >= 0.6 is 113 Å². The number of thiophene rings is 5. The summed E-state index contributed by atoms with van der Waals surface area (Å²) in [4.78, 5) is 91.6. The van der Waals surface area contributed by atoms with Crippen LogP contribution in [-0.4, -0.2) is 163 Å². The number of carboxylic acids is 1. The number of aryl methyl sites for hydroxylation is 1. The molecule has 0 saturated carbocycles. The fourth-order valence-corrected chi connectivity index (χ4v) is 33.0. The van der Waals surface area contributed by atoms with Gasteiger partial charge >= 0.3 is 11.9 Å². The van der Waals surface area contributed by atoms with E-state index in [9.17, 15) is 45.6 Å². The van der Waals surface area contributed by atoms with Gasteiger partial charge in [-0.25, -0.2) is 64.4 Å². The number of unbranched alkanes of at least 4 members (excludes halogenated alkanes) is 5. The standard InChI is InChI=1S/C23H24N4O2S3.C22H21N3O3S3.C21H19N3O3S3.C21H21N3O2S3.C19H21N5OS3/c1-4-5-11-32(29)23-19(24)18-16(14-7-6-8-15(12-14)22(28)27(2)3)13-17(26-21(18)31-23)20-25-9-10-30-20;1-3-4-10-31(27)22-18(23)17-15(13-6-5-7-14(11-13)21(26)28-2)12-16(25-20(17)30-22)19-24-8-9-29-19;1-2-3-9-30(27)21-17(22)16-14(12-5-4-6-13(10-12)20(25)26)11-15(24-19(16)29-21)18-23-7-8-28-18;1-2-3-9-29(26)21-18(22)17-15(14-6-4-5-13(10-14)12-25)11-16(24-20(17)28-21)19-23-7-8-27-19;1-4-5-8-28(25)19-16(20)15-12(14-10-22-11(2)24(14)3)9-13(23-18(15)27-19)17-21-6-7-26-17/h6-10,12-13H,4-5,11,24H2,1-3H3;5-9,11-12H,3-4,10,23H2,1-2H3;4-8,10-11H,2-3,9,22H2,1H3,(H,25,26);4-8,10-11,25H,2-3,9,12,22H2,1H3;6-7,9-10H,4-5,8,20H2,1-3H3. The van der Waals surface area contributed by atoms with E-state index >= 15 is 0 Å². The average Bonchev–Trinajstić information content (AvgIpc) is 1.61. The number of thiazole rings is 5. The van der Waals surface area contributed by atoms with Crippen molar-refractivity contribution in [3.63, 3.8) is 0 Å². The Kier molecular flexibility index (Phi) is 37.5. The number of hydrogen-bond acceptors (Lipinski definition) is 36. The van der Waals surface area contributed by atoms with Gasteiger partial charge in [0.05, 0.1) is 119 Å². The van der Waals surface area contributed by atoms with E-state index in [1.807, 2.05) is 137 Å². The zero-order chi connectivity index (χ0) is 106. The number of amides is 1. The molecule has 29 nitrogen and oxygen atoms in total. The van der Waals surface area contributed by atoms with Crippen molar-refractivity contribution in [2.24, 2.45) is 7.05 Å². The SMILES string of the molecule is CCCCS(=O)c1sc2nc(-c3nccs3)cc(-c3cccc(C(=O)N(C)C)c3)c2c1N.CCCCS(=O)c1sc2nc(-c3nccs3)cc(-c3cccc(C(=O)O)c3)c2c1N.CCCCS(=O)c1sc2nc(-c3nccs3)cc(-c3cccc(C(=O)OC)c3)c2c1N.CCCCS(=O)c1sc2nc(-c3nccs3)cc(-c3cccc(CO)c3)c2c1N.CCCCS(=O)c1sc2nc(-c3nccs3)cc(-c3cnc(C)n3C)c2c1N. The van der Waals surface area contributed by atoms with Gasteiger partial charge in [0.1, 0.15) is 105 Å². The number of carbonyl (C=O) groups excluding carboxylic acids is 2. The number of esters is 1. The summed E-state index contributed by atoms with van der Waals surface area (Å²) in [6.07, 6.45) is 19.8. The zero-order valence-electron chi connectivity index (χ0n) is 83.2. The highest BCUT2D eigenvalue weighted by molar-refractivity contribution is 7.89. The minimum Gasteiger partial charge on any atom is -0.478 e. The molecule has 0 radical (unpaired) electrons. The summed E-state index contributed by atoms with van der Waals surface area (Å²) >= 11 is 14.5. The lowest BCUT2D eigenvalue weighted by atomic mass is 9.99. The highest BCUT2D eigenvalue weighted by Gasteiger charge is 2.30. The number of methoxy groups -OCH3 is 1. The van der Waals surface area contributed by atoms with Crippen molar-refractivity contribution >= 4 is 265 Å². The number of aliphatic hydroxyl groups excluding tert-OH is 1. The largest absolute Gasteiger partial charge is 0.478 e. The Morgan fingerprint density at radius 1 is 0.380 bits per heavy atom. The van der Waals surface area contributed by atoms with E-state index in [1.54, 1.807) is 104 Å². The quantitative estimate of drug-likeness (QED) is 0.0184. The summed E-state index contributed by atoms with van der Waals surface area (Å²) in [6.45, 7) is 12.3. The zero-order valence-corrected chi connectivity index (χ0v) is 95.4. The predicted octanol–water partition coefficient (Wildman–Crippen LogP) is 25.6. The number of carboxylic acid groups (broad SMARTS) is 1. The topological polar surface area (TPSA) is 466 Å². The van der Waals surface area contributed by atoms with E-state index in [4.69, 9.17) is 58.3 Å². The number of aromatic carboxylic acids is 1. The van der Waals surface area contributed by atoms with Crippen molar-refractivity contribution in [2.45, 2.75) is 133 Å². The first-order valence-electron chi connectivity index (χ1n) is 47.7. The van der Waals surface area contributed by atoms with Crippen LogP contribution in [0, 0.1) is 6.92 Å². The van der Waals surface area contributed by atoms with Crippen molar-refractivity contribution in [1.29, 1.82) is 0 Å². The van der Waals surface area contributed by atoms with E-state index in [2.05, 4.69) is 64.5 Å². The van der Waals surface area contributed by atoms with Crippen LogP contribution in [0.3, 0.4) is 0 Å². The van der Waals surface area contributed by atoms with Gasteiger partial charge in [0.15, 0.2) is 0 Å². The number of carbonyl (C=O) groups is 3. The Bertz CT molecular complexity index is 8380. The van der Waals surface area contributed by atoms with Crippen LogP contribution < -0.4 is 28.7 Å². The molecule has 0 aliphatic heterocycles. The lowest BCUT2D eigenvalue weighted by Crippen LogP contribution is -2.21. The molecule has 44 heteroatoms. The number of nitrogen functional groups attached to an aromatic ring is 5. The molecule has 0 spiro atoms. The van der Waals surface area contributed by atoms with Gasteiger partial charge in [0, 0.05) is 146 Å². The molecule has 16 aromatic heterocycles. The highest BCUT2D eigenvalue weighted by atomic mass is 32.2. The second-order valence-corrected chi connectivity index (χ2v) is 52.5. The maximum absolute atomic E-state index is 12.9. The van der Waals surface area contributed by atoms with Crippen molar-refractivity contribution < 1.29 is 50.4 Å². The summed E-state index contributed by atoms with van der Waals surface area (Å²) in [5, 5.41) is 36.4. The Labute approximate surface area is 918 Å². The molecule has 0 bridgehead atoms. The van der Waals surface area contributed by atoms with Crippen LogP contribution in [0.1, 0.15) is 141 Å². The molecule has 20 rings (SSSR count). The van der Waals surface area contributed by atoms with Gasteiger partial charge in [-0.2, -0.15) is 0 Å². The molecule has 4 aromatic carbocycles. The average molecular weight is 2290 g/mol. The van der Waals surface area contributed by atoms with Gasteiger partial charge in [-0.1, -0.05) is 121 Å². The van der Waals surface area contributed by atoms with Crippen LogP contribution in [0.5, 0.6) is 0 Å². The van der Waals surface area contributed by atoms with Crippen molar-refractivity contribution in [1.82, 2.24) is 64.3 Å². The summed E-state index contributed by atoms with van der Waals surface area (Å²) in [5.74, 6) is 2.35. The molecule has 5 atom stereocenters. The fourth-order valence-electron chi connectivity index (χ4n) is 16.0. The molecule has 150 heavy (non-hydrogen) atoms. The summed E-state index contributed by atoms with van der Waals surface area (Å²) in [7, 11) is 0.985. The minimum atomic E-state index is -1.20. The number of ether oxygens (including phenoxy) is 1. The maximum Gasteiger partial charge on any atom is 0.337 e. The molecule has 0 saturated heterocycles. The third kappa shape index (κ3) is 24.8. The second kappa shape index (κ2) is 50.9. The van der Waals surface area contributed by atoms with Crippen molar-refractivity contribution in [3.05, 3.63) is 220 Å². The Balaban J connectivity index is 0.000000134. The first-order valence-corrected chi connectivity index (χ1v) is 62.7. The molecule has 0 fully saturated rings. The number of hydrogen-bond donors (Lipinski definition) is 7. The third-order valence-electron chi connectivity index (χ3n) is 23.8. The van der Waals surface area contributed by atoms with Crippen LogP contribution in [0.4, 0.5) is 28.4 Å². The molecule has 0 aliphatic carbocycles. The first kappa shape index (κ1) is 111. The Morgan fingerprint density at radius 3 is 0.920 bits per heavy atom. The van der Waals surface area contributed by atoms with Gasteiger partial charge in [-0.15, -0.1) is 113 Å². The van der Waals surface area contributed by atoms with Crippen LogP contribution in [0.15, 0.2) is 213 Å². The number of benzene rings is 4.